The highest BCUT2D eigenvalue weighted by Gasteiger charge is 2.11. The molecular formula is C12H10N2O. The first-order valence-electron chi connectivity index (χ1n) is 4.87. The predicted molar refractivity (Wildman–Crippen MR) is 59.5 cm³/mol. The van der Waals surface area contributed by atoms with E-state index in [4.69, 9.17) is 4.42 Å². The third-order valence-electron chi connectivity index (χ3n) is 2.49. The van der Waals surface area contributed by atoms with E-state index in [1.54, 1.807) is 12.5 Å². The van der Waals surface area contributed by atoms with Crippen molar-refractivity contribution in [3.05, 3.63) is 42.5 Å². The van der Waals surface area contributed by atoms with Crippen molar-refractivity contribution >= 4 is 11.9 Å². The van der Waals surface area contributed by atoms with E-state index in [0.717, 1.165) is 29.1 Å². The molecule has 0 amide bonds. The molecule has 15 heavy (non-hydrogen) atoms. The second kappa shape index (κ2) is 3.28. The van der Waals surface area contributed by atoms with Crippen molar-refractivity contribution in [3.8, 4) is 11.1 Å². The molecule has 0 radical (unpaired) electrons. The molecule has 0 fully saturated rings. The molecule has 0 spiro atoms. The van der Waals surface area contributed by atoms with Gasteiger partial charge >= 0.3 is 0 Å². The lowest BCUT2D eigenvalue weighted by Crippen LogP contribution is -2.07. The summed E-state index contributed by atoms with van der Waals surface area (Å²) in [5.41, 5.74) is 3.37. The van der Waals surface area contributed by atoms with E-state index in [1.165, 1.54) is 0 Å². The summed E-state index contributed by atoms with van der Waals surface area (Å²) in [4.78, 5) is 4.30. The molecule has 74 valence electrons. The summed E-state index contributed by atoms with van der Waals surface area (Å²) >= 11 is 0. The maximum absolute atomic E-state index is 5.10. The SMILES string of the molecule is C1=Cc2c(-c3ccoc3)ccnc2NC1. The van der Waals surface area contributed by atoms with Gasteiger partial charge in [0.25, 0.3) is 0 Å². The first kappa shape index (κ1) is 8.29. The minimum Gasteiger partial charge on any atom is -0.472 e. The van der Waals surface area contributed by atoms with Crippen LogP contribution in [0.4, 0.5) is 5.82 Å². The van der Waals surface area contributed by atoms with E-state index in [-0.39, 0.29) is 0 Å². The van der Waals surface area contributed by atoms with Gasteiger partial charge in [-0.25, -0.2) is 4.98 Å². The summed E-state index contributed by atoms with van der Waals surface area (Å²) < 4.78 is 5.10. The Morgan fingerprint density at radius 1 is 1.33 bits per heavy atom. The monoisotopic (exact) mass is 198 g/mol. The maximum atomic E-state index is 5.10. The molecule has 0 aliphatic carbocycles. The van der Waals surface area contributed by atoms with Gasteiger partial charge in [-0.15, -0.1) is 0 Å². The van der Waals surface area contributed by atoms with Crippen LogP contribution in [-0.4, -0.2) is 11.5 Å². The fourth-order valence-electron chi connectivity index (χ4n) is 1.78. The third kappa shape index (κ3) is 1.32. The standard InChI is InChI=1S/C12H10N2O/c1-2-11-10(9-4-7-15-8-9)3-6-14-12(11)13-5-1/h1-4,6-8H,5H2,(H,13,14). The largest absolute Gasteiger partial charge is 0.472 e. The Kier molecular flexibility index (Phi) is 1.81. The van der Waals surface area contributed by atoms with Crippen molar-refractivity contribution in [1.29, 1.82) is 0 Å². The Hall–Kier alpha value is -2.03. The first-order chi connectivity index (χ1) is 7.45. The number of hydrogen-bond acceptors (Lipinski definition) is 3. The quantitative estimate of drug-likeness (QED) is 0.765. The summed E-state index contributed by atoms with van der Waals surface area (Å²) in [7, 11) is 0. The van der Waals surface area contributed by atoms with Gasteiger partial charge < -0.3 is 9.73 Å². The normalized spacial score (nSPS) is 13.3. The number of nitrogens with one attached hydrogen (secondary N) is 1. The number of anilines is 1. The first-order valence-corrected chi connectivity index (χ1v) is 4.87. The Balaban J connectivity index is 2.21. The molecule has 3 heteroatoms. The topological polar surface area (TPSA) is 38.1 Å². The molecule has 2 aromatic heterocycles. The van der Waals surface area contributed by atoms with Crippen LogP contribution in [0.2, 0.25) is 0 Å². The van der Waals surface area contributed by atoms with E-state index in [2.05, 4.69) is 22.5 Å². The van der Waals surface area contributed by atoms with E-state index >= 15 is 0 Å². The molecule has 1 aliphatic rings. The number of rotatable bonds is 1. The van der Waals surface area contributed by atoms with Crippen LogP contribution >= 0.6 is 0 Å². The molecule has 3 rings (SSSR count). The molecule has 1 aliphatic heterocycles. The van der Waals surface area contributed by atoms with E-state index in [0.29, 0.717) is 0 Å². The van der Waals surface area contributed by atoms with Gasteiger partial charge in [-0.1, -0.05) is 12.2 Å². The zero-order valence-corrected chi connectivity index (χ0v) is 8.10. The highest BCUT2D eigenvalue weighted by atomic mass is 16.3. The van der Waals surface area contributed by atoms with E-state index in [1.807, 2.05) is 18.3 Å². The fourth-order valence-corrected chi connectivity index (χ4v) is 1.78. The predicted octanol–water partition coefficient (Wildman–Crippen LogP) is 2.78. The number of hydrogen-bond donors (Lipinski definition) is 1. The van der Waals surface area contributed by atoms with Crippen LogP contribution < -0.4 is 5.32 Å². The molecule has 2 aromatic rings. The molecule has 0 unspecified atom stereocenters. The van der Waals surface area contributed by atoms with Crippen molar-refractivity contribution in [2.24, 2.45) is 0 Å². The van der Waals surface area contributed by atoms with Crippen LogP contribution in [0, 0.1) is 0 Å². The number of pyridine rings is 1. The maximum Gasteiger partial charge on any atom is 0.134 e. The minimum atomic E-state index is 0.842. The van der Waals surface area contributed by atoms with Gasteiger partial charge in [0.15, 0.2) is 0 Å². The average molecular weight is 198 g/mol. The Bertz CT molecular complexity index is 500. The van der Waals surface area contributed by atoms with Gasteiger partial charge in [-0.3, -0.25) is 0 Å². The number of nitrogens with zero attached hydrogens (tertiary/aromatic N) is 1. The summed E-state index contributed by atoms with van der Waals surface area (Å²) in [6.45, 7) is 0.842. The Morgan fingerprint density at radius 3 is 3.20 bits per heavy atom. The van der Waals surface area contributed by atoms with Crippen molar-refractivity contribution in [2.45, 2.75) is 0 Å². The highest BCUT2D eigenvalue weighted by molar-refractivity contribution is 5.82. The second-order valence-corrected chi connectivity index (χ2v) is 3.42. The summed E-state index contributed by atoms with van der Waals surface area (Å²) in [6, 6.07) is 3.96. The molecule has 0 saturated heterocycles. The summed E-state index contributed by atoms with van der Waals surface area (Å²) in [6.07, 6.45) is 9.43. The van der Waals surface area contributed by atoms with Crippen molar-refractivity contribution < 1.29 is 4.42 Å². The molecule has 1 N–H and O–H groups in total. The van der Waals surface area contributed by atoms with Crippen LogP contribution in [0.15, 0.2) is 41.3 Å². The highest BCUT2D eigenvalue weighted by Crippen LogP contribution is 2.30. The van der Waals surface area contributed by atoms with Gasteiger partial charge in [0.2, 0.25) is 0 Å². The lowest BCUT2D eigenvalue weighted by atomic mass is 10.0. The zero-order chi connectivity index (χ0) is 10.1. The van der Waals surface area contributed by atoms with Crippen LogP contribution in [0.25, 0.3) is 17.2 Å². The van der Waals surface area contributed by atoms with Gasteiger partial charge in [0.1, 0.15) is 5.82 Å². The molecule has 0 atom stereocenters. The Morgan fingerprint density at radius 2 is 2.33 bits per heavy atom. The second-order valence-electron chi connectivity index (χ2n) is 3.42. The number of aromatic nitrogens is 1. The molecule has 0 saturated carbocycles. The van der Waals surface area contributed by atoms with Gasteiger partial charge in [-0.2, -0.15) is 0 Å². The van der Waals surface area contributed by atoms with Crippen molar-refractivity contribution in [3.63, 3.8) is 0 Å². The zero-order valence-electron chi connectivity index (χ0n) is 8.10. The van der Waals surface area contributed by atoms with Crippen molar-refractivity contribution in [2.75, 3.05) is 11.9 Å². The minimum absolute atomic E-state index is 0.842. The lowest BCUT2D eigenvalue weighted by Gasteiger charge is -2.14. The fraction of sp³-hybridized carbons (Fsp3) is 0.0833. The van der Waals surface area contributed by atoms with Gasteiger partial charge in [0.05, 0.1) is 12.5 Å². The molecule has 3 heterocycles. The van der Waals surface area contributed by atoms with Crippen LogP contribution in [0.5, 0.6) is 0 Å². The van der Waals surface area contributed by atoms with Crippen LogP contribution in [0.3, 0.4) is 0 Å². The number of fused-ring (bicyclic) bond motifs is 1. The average Bonchev–Trinajstić information content (AvgIpc) is 2.82. The molecule has 0 bridgehead atoms. The molecular weight excluding hydrogens is 188 g/mol. The molecule has 0 aromatic carbocycles. The van der Waals surface area contributed by atoms with Crippen molar-refractivity contribution in [1.82, 2.24) is 4.98 Å². The third-order valence-corrected chi connectivity index (χ3v) is 2.49. The van der Waals surface area contributed by atoms with E-state index in [9.17, 15) is 0 Å². The van der Waals surface area contributed by atoms with Crippen LogP contribution in [-0.2, 0) is 0 Å². The smallest absolute Gasteiger partial charge is 0.134 e. The van der Waals surface area contributed by atoms with Crippen LogP contribution in [0.1, 0.15) is 5.56 Å². The van der Waals surface area contributed by atoms with Gasteiger partial charge in [0, 0.05) is 23.9 Å². The summed E-state index contributed by atoms with van der Waals surface area (Å²) in [5, 5.41) is 3.24. The summed E-state index contributed by atoms with van der Waals surface area (Å²) in [5.74, 6) is 0.941. The van der Waals surface area contributed by atoms with Gasteiger partial charge in [-0.05, 0) is 17.7 Å². The van der Waals surface area contributed by atoms with E-state index < -0.39 is 0 Å². The lowest BCUT2D eigenvalue weighted by molar-refractivity contribution is 0.568. The Labute approximate surface area is 87.5 Å². The molecule has 3 nitrogen and oxygen atoms in total. The number of furan rings is 1.